The zero-order valence-electron chi connectivity index (χ0n) is 12.1. The number of amides is 1. The van der Waals surface area contributed by atoms with Crippen molar-refractivity contribution in [2.45, 2.75) is 25.3 Å². The summed E-state index contributed by atoms with van der Waals surface area (Å²) in [6.07, 6.45) is 2.83. The molecule has 3 rings (SSSR count). The quantitative estimate of drug-likeness (QED) is 0.929. The molecule has 0 spiro atoms. The Morgan fingerprint density at radius 3 is 2.81 bits per heavy atom. The predicted octanol–water partition coefficient (Wildman–Crippen LogP) is 2.43. The summed E-state index contributed by atoms with van der Waals surface area (Å²) in [7, 11) is 0. The lowest BCUT2D eigenvalue weighted by molar-refractivity contribution is -0.129. The highest BCUT2D eigenvalue weighted by molar-refractivity contribution is 8.14. The van der Waals surface area contributed by atoms with Gasteiger partial charge in [-0.15, -0.1) is 0 Å². The van der Waals surface area contributed by atoms with Crippen molar-refractivity contribution in [3.8, 4) is 0 Å². The summed E-state index contributed by atoms with van der Waals surface area (Å²) in [4.78, 5) is 18.4. The Hall–Kier alpha value is -1.49. The van der Waals surface area contributed by atoms with Crippen LogP contribution in [0.4, 0.5) is 0 Å². The molecule has 0 aromatic heterocycles. The molecule has 2 saturated heterocycles. The summed E-state index contributed by atoms with van der Waals surface area (Å²) in [6, 6.07) is 10.8. The Bertz CT molecular complexity index is 512. The number of hydrogen-bond donors (Lipinski definition) is 1. The van der Waals surface area contributed by atoms with Gasteiger partial charge in [-0.1, -0.05) is 42.1 Å². The van der Waals surface area contributed by atoms with Crippen molar-refractivity contribution >= 4 is 22.8 Å². The first kappa shape index (κ1) is 14.4. The standard InChI is InChI=1S/C16H21N3OS/c20-15(19-10-4-5-11-19)8-9-17-16-18-14(12-21-16)13-6-2-1-3-7-13/h1-3,6-7,14H,4-5,8-12H2,(H,17,18). The Balaban J connectivity index is 1.46. The normalized spacial score (nSPS) is 23.5. The fourth-order valence-electron chi connectivity index (χ4n) is 2.73. The number of thioether (sulfide) groups is 1. The molecule has 2 fully saturated rings. The van der Waals surface area contributed by atoms with Crippen LogP contribution in [0.2, 0.25) is 0 Å². The third-order valence-corrected chi connectivity index (χ3v) is 4.95. The predicted molar refractivity (Wildman–Crippen MR) is 87.5 cm³/mol. The summed E-state index contributed by atoms with van der Waals surface area (Å²) in [5, 5.41) is 4.41. The third kappa shape index (κ3) is 3.79. The number of likely N-dealkylation sites (tertiary alicyclic amines) is 1. The smallest absolute Gasteiger partial charge is 0.224 e. The lowest BCUT2D eigenvalue weighted by Crippen LogP contribution is -2.28. The fourth-order valence-corrected chi connectivity index (χ4v) is 3.74. The van der Waals surface area contributed by atoms with E-state index in [0.717, 1.165) is 36.9 Å². The Morgan fingerprint density at radius 1 is 1.29 bits per heavy atom. The summed E-state index contributed by atoms with van der Waals surface area (Å²) < 4.78 is 0. The molecule has 112 valence electrons. The summed E-state index contributed by atoms with van der Waals surface area (Å²) in [6.45, 7) is 2.45. The lowest BCUT2D eigenvalue weighted by atomic mass is 10.1. The molecule has 0 bridgehead atoms. The van der Waals surface area contributed by atoms with Crippen LogP contribution >= 0.6 is 11.8 Å². The molecular weight excluding hydrogens is 282 g/mol. The van der Waals surface area contributed by atoms with Crippen molar-refractivity contribution in [2.24, 2.45) is 4.99 Å². The van der Waals surface area contributed by atoms with E-state index in [1.807, 2.05) is 11.0 Å². The maximum absolute atomic E-state index is 11.9. The minimum Gasteiger partial charge on any atom is -0.357 e. The van der Waals surface area contributed by atoms with E-state index >= 15 is 0 Å². The number of nitrogens with zero attached hydrogens (tertiary/aromatic N) is 2. The van der Waals surface area contributed by atoms with Crippen LogP contribution in [0.1, 0.15) is 30.9 Å². The number of carbonyl (C=O) groups excluding carboxylic acids is 1. The number of aliphatic imine (C=N–C) groups is 1. The van der Waals surface area contributed by atoms with Crippen LogP contribution in [0.5, 0.6) is 0 Å². The molecule has 1 aromatic carbocycles. The number of hydrogen-bond acceptors (Lipinski definition) is 3. The van der Waals surface area contributed by atoms with Crippen LogP contribution in [0.3, 0.4) is 0 Å². The molecule has 4 nitrogen and oxygen atoms in total. The summed E-state index contributed by atoms with van der Waals surface area (Å²) in [5.41, 5.74) is 1.29. The van der Waals surface area contributed by atoms with Gasteiger partial charge in [0.2, 0.25) is 5.91 Å². The van der Waals surface area contributed by atoms with E-state index in [9.17, 15) is 4.79 Å². The fraction of sp³-hybridized carbons (Fsp3) is 0.500. The van der Waals surface area contributed by atoms with Crippen molar-refractivity contribution in [3.63, 3.8) is 0 Å². The molecule has 1 aromatic rings. The lowest BCUT2D eigenvalue weighted by Gasteiger charge is -2.14. The number of nitrogens with one attached hydrogen (secondary N) is 1. The summed E-state index contributed by atoms with van der Waals surface area (Å²) in [5.74, 6) is 1.25. The molecule has 0 saturated carbocycles. The van der Waals surface area contributed by atoms with Crippen LogP contribution in [-0.2, 0) is 4.79 Å². The minimum atomic E-state index is 0.249. The monoisotopic (exact) mass is 303 g/mol. The Kier molecular flexibility index (Phi) is 4.80. The summed E-state index contributed by atoms with van der Waals surface area (Å²) >= 11 is 1.74. The van der Waals surface area contributed by atoms with Gasteiger partial charge in [0.15, 0.2) is 5.17 Å². The second-order valence-corrected chi connectivity index (χ2v) is 6.45. The number of carbonyl (C=O) groups is 1. The topological polar surface area (TPSA) is 44.7 Å². The first-order valence-electron chi connectivity index (χ1n) is 7.59. The van der Waals surface area contributed by atoms with E-state index in [2.05, 4.69) is 34.6 Å². The van der Waals surface area contributed by atoms with Gasteiger partial charge in [0.25, 0.3) is 0 Å². The van der Waals surface area contributed by atoms with Crippen molar-refractivity contribution in [1.29, 1.82) is 0 Å². The largest absolute Gasteiger partial charge is 0.357 e. The number of rotatable bonds is 4. The molecular formula is C16H21N3OS. The highest BCUT2D eigenvalue weighted by atomic mass is 32.2. The van der Waals surface area contributed by atoms with E-state index in [1.165, 1.54) is 5.56 Å². The molecule has 1 N–H and O–H groups in total. The second-order valence-electron chi connectivity index (χ2n) is 5.44. The maximum Gasteiger partial charge on any atom is 0.224 e. The van der Waals surface area contributed by atoms with Gasteiger partial charge in [-0.3, -0.25) is 9.79 Å². The first-order valence-corrected chi connectivity index (χ1v) is 8.58. The minimum absolute atomic E-state index is 0.249. The van der Waals surface area contributed by atoms with Crippen LogP contribution in [0.15, 0.2) is 35.3 Å². The Morgan fingerprint density at radius 2 is 2.05 bits per heavy atom. The van der Waals surface area contributed by atoms with Gasteiger partial charge < -0.3 is 10.2 Å². The molecule has 0 aliphatic carbocycles. The van der Waals surface area contributed by atoms with Gasteiger partial charge in [0.1, 0.15) is 0 Å². The molecule has 2 aliphatic heterocycles. The molecule has 2 heterocycles. The first-order chi connectivity index (χ1) is 10.3. The highest BCUT2D eigenvalue weighted by Gasteiger charge is 2.22. The third-order valence-electron chi connectivity index (χ3n) is 3.93. The molecule has 0 radical (unpaired) electrons. The molecule has 5 heteroatoms. The Labute approximate surface area is 130 Å². The highest BCUT2D eigenvalue weighted by Crippen LogP contribution is 2.25. The zero-order chi connectivity index (χ0) is 14.5. The van der Waals surface area contributed by atoms with Crippen molar-refractivity contribution in [2.75, 3.05) is 25.4 Å². The second kappa shape index (κ2) is 6.98. The molecule has 2 aliphatic rings. The SMILES string of the molecule is O=C(CCN=C1NC(c2ccccc2)CS1)N1CCCC1. The average Bonchev–Trinajstić information content (AvgIpc) is 3.20. The van der Waals surface area contributed by atoms with Crippen LogP contribution in [-0.4, -0.2) is 41.4 Å². The zero-order valence-corrected chi connectivity index (χ0v) is 12.9. The van der Waals surface area contributed by atoms with Crippen LogP contribution in [0.25, 0.3) is 0 Å². The van der Waals surface area contributed by atoms with Crippen molar-refractivity contribution in [3.05, 3.63) is 35.9 Å². The maximum atomic E-state index is 11.9. The van der Waals surface area contributed by atoms with Gasteiger partial charge in [0, 0.05) is 25.3 Å². The molecule has 1 atom stereocenters. The molecule has 21 heavy (non-hydrogen) atoms. The van der Waals surface area contributed by atoms with Crippen LogP contribution < -0.4 is 5.32 Å². The van der Waals surface area contributed by atoms with Gasteiger partial charge in [0.05, 0.1) is 12.6 Å². The van der Waals surface area contributed by atoms with Crippen molar-refractivity contribution < 1.29 is 4.79 Å². The number of amidine groups is 1. The average molecular weight is 303 g/mol. The molecule has 1 amide bonds. The van der Waals surface area contributed by atoms with Gasteiger partial charge in [-0.05, 0) is 18.4 Å². The van der Waals surface area contributed by atoms with Crippen LogP contribution in [0, 0.1) is 0 Å². The van der Waals surface area contributed by atoms with Gasteiger partial charge in [-0.25, -0.2) is 0 Å². The van der Waals surface area contributed by atoms with E-state index in [0.29, 0.717) is 19.0 Å². The molecule has 1 unspecified atom stereocenters. The van der Waals surface area contributed by atoms with Gasteiger partial charge in [-0.2, -0.15) is 0 Å². The van der Waals surface area contributed by atoms with E-state index in [4.69, 9.17) is 0 Å². The van der Waals surface area contributed by atoms with E-state index < -0.39 is 0 Å². The number of benzene rings is 1. The van der Waals surface area contributed by atoms with E-state index in [1.54, 1.807) is 11.8 Å². The van der Waals surface area contributed by atoms with Crippen molar-refractivity contribution in [1.82, 2.24) is 10.2 Å². The van der Waals surface area contributed by atoms with E-state index in [-0.39, 0.29) is 5.91 Å². The van der Waals surface area contributed by atoms with Gasteiger partial charge >= 0.3 is 0 Å².